The van der Waals surface area contributed by atoms with Gasteiger partial charge < -0.3 is 9.15 Å². The Morgan fingerprint density at radius 3 is 2.74 bits per heavy atom. The van der Waals surface area contributed by atoms with Crippen molar-refractivity contribution in [3.63, 3.8) is 0 Å². The number of furan rings is 1. The molecule has 1 aromatic carbocycles. The Hall–Kier alpha value is -2.45. The second-order valence-electron chi connectivity index (χ2n) is 4.40. The van der Waals surface area contributed by atoms with Crippen LogP contribution >= 0.6 is 27.5 Å². The van der Waals surface area contributed by atoms with Crippen molar-refractivity contribution in [2.45, 2.75) is 0 Å². The Morgan fingerprint density at radius 2 is 2.09 bits per heavy atom. The van der Waals surface area contributed by atoms with Crippen molar-refractivity contribution in [3.8, 4) is 0 Å². The first-order chi connectivity index (χ1) is 10.9. The predicted molar refractivity (Wildman–Crippen MR) is 85.1 cm³/mol. The number of nitrogens with zero attached hydrogens (tertiary/aromatic N) is 2. The minimum atomic E-state index is -0.699. The maximum Gasteiger partial charge on any atom is 0.363 e. The molecule has 9 heteroatoms. The van der Waals surface area contributed by atoms with Crippen LogP contribution in [0.5, 0.6) is 0 Å². The zero-order valence-electron chi connectivity index (χ0n) is 11.2. The standard InChI is InChI=1S/C14H6BrClN2O5/c15-12-4-2-8(22-12)6-11-14(19)23-13(17-11)9-5-7(18(20)21)1-3-10(9)16/h1-6H/b11-6-. The first-order valence-corrected chi connectivity index (χ1v) is 7.33. The highest BCUT2D eigenvalue weighted by Gasteiger charge is 2.27. The number of benzene rings is 1. The summed E-state index contributed by atoms with van der Waals surface area (Å²) in [4.78, 5) is 26.2. The largest absolute Gasteiger partial charge is 0.450 e. The number of non-ortho nitro benzene ring substituents is 1. The molecule has 0 fully saturated rings. The van der Waals surface area contributed by atoms with E-state index in [1.165, 1.54) is 24.3 Å². The molecule has 0 saturated heterocycles. The highest BCUT2D eigenvalue weighted by molar-refractivity contribution is 9.10. The van der Waals surface area contributed by atoms with Crippen LogP contribution in [0.3, 0.4) is 0 Å². The first kappa shape index (κ1) is 15.4. The third-order valence-corrected chi connectivity index (χ3v) is 3.64. The molecule has 2 heterocycles. The van der Waals surface area contributed by atoms with Gasteiger partial charge >= 0.3 is 5.97 Å². The molecule has 0 radical (unpaired) electrons. The third-order valence-electron chi connectivity index (χ3n) is 2.88. The number of nitro groups is 1. The van der Waals surface area contributed by atoms with Gasteiger partial charge in [-0.15, -0.1) is 0 Å². The summed E-state index contributed by atoms with van der Waals surface area (Å²) in [5.41, 5.74) is -0.0155. The predicted octanol–water partition coefficient (Wildman–Crippen LogP) is 3.95. The van der Waals surface area contributed by atoms with Gasteiger partial charge in [0.2, 0.25) is 5.90 Å². The van der Waals surface area contributed by atoms with Crippen LogP contribution in [0.15, 0.2) is 50.1 Å². The van der Waals surface area contributed by atoms with Crippen molar-refractivity contribution < 1.29 is 18.9 Å². The van der Waals surface area contributed by atoms with E-state index in [2.05, 4.69) is 20.9 Å². The molecular weight excluding hydrogens is 392 g/mol. The smallest absolute Gasteiger partial charge is 0.363 e. The molecule has 1 aliphatic heterocycles. The van der Waals surface area contributed by atoms with Gasteiger partial charge in [-0.3, -0.25) is 10.1 Å². The van der Waals surface area contributed by atoms with E-state index in [0.717, 1.165) is 0 Å². The van der Waals surface area contributed by atoms with Crippen LogP contribution < -0.4 is 0 Å². The van der Waals surface area contributed by atoms with E-state index in [4.69, 9.17) is 20.8 Å². The lowest BCUT2D eigenvalue weighted by Crippen LogP contribution is -2.06. The number of carbonyl (C=O) groups excluding carboxylic acids is 1. The molecule has 3 rings (SSSR count). The van der Waals surface area contributed by atoms with Crippen LogP contribution in [-0.2, 0) is 9.53 Å². The Kier molecular flexibility index (Phi) is 4.01. The van der Waals surface area contributed by atoms with Gasteiger partial charge in [0.05, 0.1) is 15.5 Å². The number of hydrogen-bond donors (Lipinski definition) is 0. The molecule has 1 aromatic heterocycles. The molecule has 2 aromatic rings. The Morgan fingerprint density at radius 1 is 1.30 bits per heavy atom. The average molecular weight is 398 g/mol. The summed E-state index contributed by atoms with van der Waals surface area (Å²) in [6, 6.07) is 7.09. The molecule has 0 amide bonds. The fourth-order valence-corrected chi connectivity index (χ4v) is 2.37. The topological polar surface area (TPSA) is 94.9 Å². The lowest BCUT2D eigenvalue weighted by molar-refractivity contribution is -0.384. The van der Waals surface area contributed by atoms with Crippen molar-refractivity contribution in [1.82, 2.24) is 0 Å². The second kappa shape index (κ2) is 5.98. The minimum Gasteiger partial charge on any atom is -0.450 e. The Bertz CT molecular complexity index is 887. The molecule has 23 heavy (non-hydrogen) atoms. The van der Waals surface area contributed by atoms with E-state index in [1.54, 1.807) is 12.1 Å². The fraction of sp³-hybridized carbons (Fsp3) is 0. The lowest BCUT2D eigenvalue weighted by atomic mass is 10.2. The number of hydrogen-bond acceptors (Lipinski definition) is 6. The second-order valence-corrected chi connectivity index (χ2v) is 5.59. The van der Waals surface area contributed by atoms with E-state index >= 15 is 0 Å². The molecule has 0 aliphatic carbocycles. The molecule has 0 bridgehead atoms. The zero-order valence-corrected chi connectivity index (χ0v) is 13.5. The highest BCUT2D eigenvalue weighted by atomic mass is 79.9. The monoisotopic (exact) mass is 396 g/mol. The number of ether oxygens (including phenoxy) is 1. The first-order valence-electron chi connectivity index (χ1n) is 6.16. The van der Waals surface area contributed by atoms with Crippen molar-refractivity contribution in [1.29, 1.82) is 0 Å². The quantitative estimate of drug-likeness (QED) is 0.338. The molecule has 0 unspecified atom stereocenters. The summed E-state index contributed by atoms with van der Waals surface area (Å²) < 4.78 is 10.8. The summed E-state index contributed by atoms with van der Waals surface area (Å²) in [5, 5.41) is 11.0. The fourth-order valence-electron chi connectivity index (χ4n) is 1.86. The van der Waals surface area contributed by atoms with E-state index in [-0.39, 0.29) is 27.9 Å². The average Bonchev–Trinajstić information content (AvgIpc) is 3.06. The molecule has 0 N–H and O–H groups in total. The van der Waals surface area contributed by atoms with Crippen molar-refractivity contribution in [2.24, 2.45) is 4.99 Å². The molecule has 0 saturated carbocycles. The van der Waals surface area contributed by atoms with E-state index in [9.17, 15) is 14.9 Å². The van der Waals surface area contributed by atoms with Crippen LogP contribution in [0.4, 0.5) is 5.69 Å². The maximum atomic E-state index is 11.9. The van der Waals surface area contributed by atoms with Gasteiger partial charge in [-0.25, -0.2) is 9.79 Å². The summed E-state index contributed by atoms with van der Waals surface area (Å²) in [6.45, 7) is 0. The summed E-state index contributed by atoms with van der Waals surface area (Å²) >= 11 is 9.15. The normalized spacial score (nSPS) is 15.7. The van der Waals surface area contributed by atoms with Crippen LogP contribution in [0, 0.1) is 10.1 Å². The van der Waals surface area contributed by atoms with Gasteiger partial charge in [0.1, 0.15) is 5.76 Å². The van der Waals surface area contributed by atoms with Gasteiger partial charge in [-0.05, 0) is 34.1 Å². The molecule has 7 nitrogen and oxygen atoms in total. The van der Waals surface area contributed by atoms with Crippen LogP contribution in [-0.4, -0.2) is 16.8 Å². The number of esters is 1. The van der Waals surface area contributed by atoms with E-state index < -0.39 is 10.9 Å². The number of cyclic esters (lactones) is 1. The number of rotatable bonds is 3. The van der Waals surface area contributed by atoms with Gasteiger partial charge in [-0.2, -0.15) is 0 Å². The van der Waals surface area contributed by atoms with E-state index in [0.29, 0.717) is 10.4 Å². The van der Waals surface area contributed by atoms with E-state index in [1.807, 2.05) is 0 Å². The SMILES string of the molecule is O=C1OC(c2cc([N+](=O)[O-])ccc2Cl)=N/C1=C\c1ccc(Br)o1. The number of nitro benzene ring substituents is 1. The summed E-state index contributed by atoms with van der Waals surface area (Å²) in [5.74, 6) is -0.394. The third kappa shape index (κ3) is 3.17. The minimum absolute atomic E-state index is 0.00410. The maximum absolute atomic E-state index is 11.9. The number of aliphatic imine (C=N–C) groups is 1. The van der Waals surface area contributed by atoms with Gasteiger partial charge in [-0.1, -0.05) is 11.6 Å². The molecule has 0 spiro atoms. The van der Waals surface area contributed by atoms with Crippen LogP contribution in [0.1, 0.15) is 11.3 Å². The zero-order chi connectivity index (χ0) is 16.6. The number of halogens is 2. The van der Waals surface area contributed by atoms with Gasteiger partial charge in [0, 0.05) is 18.2 Å². The van der Waals surface area contributed by atoms with Crippen molar-refractivity contribution in [3.05, 3.63) is 67.2 Å². The van der Waals surface area contributed by atoms with Gasteiger partial charge in [0.25, 0.3) is 5.69 Å². The molecule has 0 atom stereocenters. The molecule has 1 aliphatic rings. The molecular formula is C14H6BrClN2O5. The summed E-state index contributed by atoms with van der Waals surface area (Å²) in [6.07, 6.45) is 1.39. The number of carbonyl (C=O) groups is 1. The molecule has 116 valence electrons. The van der Waals surface area contributed by atoms with Crippen LogP contribution in [0.2, 0.25) is 5.02 Å². The van der Waals surface area contributed by atoms with Crippen molar-refractivity contribution in [2.75, 3.05) is 0 Å². The highest BCUT2D eigenvalue weighted by Crippen LogP contribution is 2.27. The van der Waals surface area contributed by atoms with Gasteiger partial charge in [0.15, 0.2) is 10.4 Å². The Balaban J connectivity index is 2.00. The lowest BCUT2D eigenvalue weighted by Gasteiger charge is -2.02. The van der Waals surface area contributed by atoms with Crippen LogP contribution in [0.25, 0.3) is 6.08 Å². The Labute approximate surface area is 142 Å². The summed E-state index contributed by atoms with van der Waals surface area (Å²) in [7, 11) is 0. The van der Waals surface area contributed by atoms with Crippen molar-refractivity contribution >= 4 is 51.2 Å².